The minimum Gasteiger partial charge on any atom is -0.494 e. The molecule has 2 heterocycles. The lowest BCUT2D eigenvalue weighted by molar-refractivity contribution is -0.115. The molecule has 4 nitrogen and oxygen atoms in total. The molecule has 5 rings (SSSR count). The normalized spacial score (nSPS) is 18.7. The number of carbonyl (C=O) groups is 1. The zero-order chi connectivity index (χ0) is 22.8. The lowest BCUT2D eigenvalue weighted by Gasteiger charge is -2.30. The van der Waals surface area contributed by atoms with Crippen LogP contribution in [0, 0.1) is 0 Å². The van der Waals surface area contributed by atoms with Gasteiger partial charge in [-0.2, -0.15) is 0 Å². The Labute approximate surface area is 202 Å². The third-order valence-corrected chi connectivity index (χ3v) is 6.67. The van der Waals surface area contributed by atoms with Crippen LogP contribution in [-0.4, -0.2) is 16.8 Å². The molecule has 1 atom stereocenters. The van der Waals surface area contributed by atoms with Crippen molar-refractivity contribution < 1.29 is 14.3 Å². The van der Waals surface area contributed by atoms with Gasteiger partial charge in [-0.3, -0.25) is 4.79 Å². The fourth-order valence-corrected chi connectivity index (χ4v) is 5.13. The van der Waals surface area contributed by atoms with Gasteiger partial charge in [-0.05, 0) is 48.9 Å². The maximum atomic E-state index is 12.5. The highest BCUT2D eigenvalue weighted by atomic mass is 32.2. The van der Waals surface area contributed by atoms with Gasteiger partial charge in [0.2, 0.25) is 0 Å². The first-order valence-electron chi connectivity index (χ1n) is 10.7. The Kier molecular flexibility index (Phi) is 6.03. The summed E-state index contributed by atoms with van der Waals surface area (Å²) in [6, 6.07) is 26.2. The van der Waals surface area contributed by atoms with Crippen molar-refractivity contribution in [3.05, 3.63) is 112 Å². The molecule has 0 radical (unpaired) electrons. The minimum atomic E-state index is -0.186. The van der Waals surface area contributed by atoms with E-state index in [1.54, 1.807) is 0 Å². The van der Waals surface area contributed by atoms with Crippen LogP contribution in [0.5, 0.6) is 11.5 Å². The molecule has 0 aromatic heterocycles. The maximum Gasteiger partial charge on any atom is 0.263 e. The van der Waals surface area contributed by atoms with E-state index in [-0.39, 0.29) is 11.8 Å². The molecule has 0 saturated carbocycles. The van der Waals surface area contributed by atoms with Crippen LogP contribution in [0.15, 0.2) is 95.4 Å². The van der Waals surface area contributed by atoms with Crippen molar-refractivity contribution >= 4 is 40.0 Å². The number of carbonyl (C=O) groups excluding carboxylic acids is 1. The summed E-state index contributed by atoms with van der Waals surface area (Å²) >= 11 is 6.49. The molecule has 6 heteroatoms. The van der Waals surface area contributed by atoms with E-state index in [4.69, 9.17) is 21.7 Å². The summed E-state index contributed by atoms with van der Waals surface area (Å²) in [6.07, 6.45) is 1.92. The molecule has 3 aromatic rings. The highest BCUT2D eigenvalue weighted by Gasteiger charge is 2.32. The maximum absolute atomic E-state index is 12.5. The average Bonchev–Trinajstić information content (AvgIpc) is 3.16. The lowest BCUT2D eigenvalue weighted by atomic mass is 9.81. The fraction of sp³-hybridized carbons (Fsp3) is 0.111. The molecular weight excluding hydrogens is 450 g/mol. The zero-order valence-electron chi connectivity index (χ0n) is 17.9. The molecule has 1 N–H and O–H groups in total. The van der Waals surface area contributed by atoms with Crippen LogP contribution in [0.1, 0.15) is 29.5 Å². The zero-order valence-corrected chi connectivity index (χ0v) is 19.5. The molecule has 2 aliphatic rings. The first kappa shape index (κ1) is 21.5. The Hall–Kier alpha value is -3.35. The van der Waals surface area contributed by atoms with Crippen molar-refractivity contribution in [3.63, 3.8) is 0 Å². The highest BCUT2D eigenvalue weighted by molar-refractivity contribution is 8.26. The van der Waals surface area contributed by atoms with Crippen molar-refractivity contribution in [2.45, 2.75) is 12.8 Å². The number of hydrogen-bond donors (Lipinski definition) is 1. The quantitative estimate of drug-likeness (QED) is 0.362. The van der Waals surface area contributed by atoms with Crippen LogP contribution in [0.3, 0.4) is 0 Å². The smallest absolute Gasteiger partial charge is 0.263 e. The second kappa shape index (κ2) is 9.25. The number of nitrogens with one attached hydrogen (secondary N) is 1. The van der Waals surface area contributed by atoms with Crippen molar-refractivity contribution in [2.24, 2.45) is 0 Å². The number of thioether (sulfide) groups is 1. The fourth-order valence-electron chi connectivity index (χ4n) is 4.09. The van der Waals surface area contributed by atoms with Crippen molar-refractivity contribution in [1.82, 2.24) is 5.32 Å². The topological polar surface area (TPSA) is 47.6 Å². The number of fused-ring (bicyclic) bond motifs is 1. The van der Waals surface area contributed by atoms with Gasteiger partial charge in [0.1, 0.15) is 21.6 Å². The third-order valence-electron chi connectivity index (χ3n) is 5.50. The van der Waals surface area contributed by atoms with Gasteiger partial charge in [0.25, 0.3) is 5.91 Å². The van der Waals surface area contributed by atoms with Gasteiger partial charge >= 0.3 is 0 Å². The molecule has 1 amide bonds. The third kappa shape index (κ3) is 4.32. The van der Waals surface area contributed by atoms with Gasteiger partial charge in [0, 0.05) is 22.6 Å². The van der Waals surface area contributed by atoms with Gasteiger partial charge in [-0.1, -0.05) is 72.5 Å². The number of amides is 1. The Balaban J connectivity index is 1.73. The summed E-state index contributed by atoms with van der Waals surface area (Å²) < 4.78 is 12.6. The van der Waals surface area contributed by atoms with E-state index in [0.29, 0.717) is 21.6 Å². The first-order chi connectivity index (χ1) is 16.1. The SMILES string of the molecule is CCOc1ccc(C2=C(/C=C3/SC(=S)NC3=O)C(c3ccccc3)c3ccccc3O2)cc1. The first-order valence-corrected chi connectivity index (χ1v) is 11.9. The van der Waals surface area contributed by atoms with Crippen LogP contribution < -0.4 is 14.8 Å². The number of rotatable bonds is 5. The molecule has 1 saturated heterocycles. The Morgan fingerprint density at radius 2 is 1.76 bits per heavy atom. The van der Waals surface area contributed by atoms with E-state index < -0.39 is 0 Å². The van der Waals surface area contributed by atoms with Crippen LogP contribution in [0.25, 0.3) is 5.76 Å². The monoisotopic (exact) mass is 471 g/mol. The summed E-state index contributed by atoms with van der Waals surface area (Å²) in [4.78, 5) is 13.1. The van der Waals surface area contributed by atoms with Crippen LogP contribution in [0.2, 0.25) is 0 Å². The van der Waals surface area contributed by atoms with Crippen LogP contribution in [-0.2, 0) is 4.79 Å². The molecule has 2 aliphatic heterocycles. The number of benzene rings is 3. The predicted octanol–water partition coefficient (Wildman–Crippen LogP) is 6.05. The second-order valence-corrected chi connectivity index (χ2v) is 9.30. The van der Waals surface area contributed by atoms with E-state index in [2.05, 4.69) is 23.5 Å². The number of hydrogen-bond acceptors (Lipinski definition) is 5. The summed E-state index contributed by atoms with van der Waals surface area (Å²) in [7, 11) is 0. The summed E-state index contributed by atoms with van der Waals surface area (Å²) in [5.74, 6) is 2.02. The molecule has 0 bridgehead atoms. The molecule has 33 heavy (non-hydrogen) atoms. The van der Waals surface area contributed by atoms with E-state index in [9.17, 15) is 4.79 Å². The lowest BCUT2D eigenvalue weighted by Crippen LogP contribution is -2.19. The molecular formula is C27H21NO3S2. The molecule has 0 spiro atoms. The number of para-hydroxylation sites is 1. The Bertz CT molecular complexity index is 1280. The van der Waals surface area contributed by atoms with Crippen LogP contribution >= 0.6 is 24.0 Å². The summed E-state index contributed by atoms with van der Waals surface area (Å²) in [5, 5.41) is 2.71. The predicted molar refractivity (Wildman–Crippen MR) is 136 cm³/mol. The minimum absolute atomic E-state index is 0.104. The number of ether oxygens (including phenoxy) is 2. The Morgan fingerprint density at radius 1 is 1.03 bits per heavy atom. The van der Waals surface area contributed by atoms with Gasteiger partial charge < -0.3 is 14.8 Å². The van der Waals surface area contributed by atoms with Gasteiger partial charge in [-0.25, -0.2) is 0 Å². The van der Waals surface area contributed by atoms with Gasteiger partial charge in [0.15, 0.2) is 0 Å². The van der Waals surface area contributed by atoms with E-state index >= 15 is 0 Å². The second-order valence-electron chi connectivity index (χ2n) is 7.58. The van der Waals surface area contributed by atoms with Crippen molar-refractivity contribution in [2.75, 3.05) is 6.61 Å². The van der Waals surface area contributed by atoms with Gasteiger partial charge in [0.05, 0.1) is 11.5 Å². The number of thiocarbonyl (C=S) groups is 1. The highest BCUT2D eigenvalue weighted by Crippen LogP contribution is 2.47. The van der Waals surface area contributed by atoms with Crippen molar-refractivity contribution in [1.29, 1.82) is 0 Å². The standard InChI is InChI=1S/C27H21NO3S2/c1-2-30-19-14-12-18(13-15-19)25-21(16-23-26(29)28-27(32)33-23)24(17-8-4-3-5-9-17)20-10-6-7-11-22(20)31-25/h3-16,24H,2H2,1H3,(H,28,29,32)/b23-16+. The average molecular weight is 472 g/mol. The number of allylic oxidation sites excluding steroid dienone is 2. The van der Waals surface area contributed by atoms with E-state index in [1.807, 2.05) is 73.7 Å². The Morgan fingerprint density at radius 3 is 2.45 bits per heavy atom. The molecule has 1 fully saturated rings. The molecule has 3 aromatic carbocycles. The summed E-state index contributed by atoms with van der Waals surface area (Å²) in [6.45, 7) is 2.56. The molecule has 0 aliphatic carbocycles. The van der Waals surface area contributed by atoms with E-state index in [0.717, 1.165) is 33.8 Å². The molecule has 1 unspecified atom stereocenters. The largest absolute Gasteiger partial charge is 0.494 e. The molecule has 164 valence electrons. The van der Waals surface area contributed by atoms with Crippen molar-refractivity contribution in [3.8, 4) is 11.5 Å². The summed E-state index contributed by atoms with van der Waals surface area (Å²) in [5.41, 5.74) is 3.99. The van der Waals surface area contributed by atoms with E-state index in [1.165, 1.54) is 11.8 Å². The van der Waals surface area contributed by atoms with Gasteiger partial charge in [-0.15, -0.1) is 0 Å². The van der Waals surface area contributed by atoms with Crippen LogP contribution in [0.4, 0.5) is 0 Å².